The first-order valence-electron chi connectivity index (χ1n) is 6.48. The van der Waals surface area contributed by atoms with Crippen LogP contribution in [0.15, 0.2) is 12.3 Å². The number of rotatable bonds is 2. The molecule has 0 aromatic rings. The van der Waals surface area contributed by atoms with Crippen LogP contribution in [0.25, 0.3) is 0 Å². The molecule has 0 aromatic heterocycles. The topological polar surface area (TPSA) is 49.6 Å². The number of nitrogens with zero attached hydrogens (tertiary/aromatic N) is 2. The zero-order valence-corrected chi connectivity index (χ0v) is 10.9. The highest BCUT2D eigenvalue weighted by atomic mass is 16.2. The summed E-state index contributed by atoms with van der Waals surface area (Å²) in [6.45, 7) is 7.88. The van der Waals surface area contributed by atoms with Crippen molar-refractivity contribution < 1.29 is 4.79 Å². The van der Waals surface area contributed by atoms with Crippen molar-refractivity contribution in [2.75, 3.05) is 26.2 Å². The third-order valence-corrected chi connectivity index (χ3v) is 3.96. The molecule has 2 N–H and O–H groups in total. The Morgan fingerprint density at radius 1 is 1.35 bits per heavy atom. The summed E-state index contributed by atoms with van der Waals surface area (Å²) < 4.78 is 0. The smallest absolute Gasteiger partial charge is 0.239 e. The van der Waals surface area contributed by atoms with E-state index in [-0.39, 0.29) is 11.9 Å². The molecule has 0 aliphatic carbocycles. The second kappa shape index (κ2) is 4.69. The first-order valence-corrected chi connectivity index (χ1v) is 6.48. The van der Waals surface area contributed by atoms with Crippen molar-refractivity contribution in [2.24, 2.45) is 11.1 Å². The molecule has 1 amide bonds. The number of allylic oxidation sites excluding steroid dienone is 1. The predicted octanol–water partition coefficient (Wildman–Crippen LogP) is 0.792. The van der Waals surface area contributed by atoms with Gasteiger partial charge in [-0.25, -0.2) is 0 Å². The minimum absolute atomic E-state index is 0.101. The van der Waals surface area contributed by atoms with Gasteiger partial charge in [0.25, 0.3) is 0 Å². The SMILES string of the molecule is C/C=C/N1CC2(CCN(C(=O)C(C)N)CC2)C1. The number of hydrogen-bond acceptors (Lipinski definition) is 3. The van der Waals surface area contributed by atoms with Crippen LogP contribution >= 0.6 is 0 Å². The summed E-state index contributed by atoms with van der Waals surface area (Å²) in [5.74, 6) is 0.101. The molecule has 0 aromatic carbocycles. The van der Waals surface area contributed by atoms with E-state index in [2.05, 4.69) is 24.1 Å². The molecule has 4 heteroatoms. The average Bonchev–Trinajstić information content (AvgIpc) is 2.27. The number of likely N-dealkylation sites (tertiary alicyclic amines) is 2. The second-order valence-electron chi connectivity index (χ2n) is 5.50. The molecule has 2 aliphatic heterocycles. The van der Waals surface area contributed by atoms with Gasteiger partial charge in [0.15, 0.2) is 0 Å². The van der Waals surface area contributed by atoms with Crippen LogP contribution in [0, 0.1) is 5.41 Å². The van der Waals surface area contributed by atoms with Crippen molar-refractivity contribution in [1.29, 1.82) is 0 Å². The number of nitrogens with two attached hydrogens (primary N) is 1. The third kappa shape index (κ3) is 2.46. The van der Waals surface area contributed by atoms with E-state index in [9.17, 15) is 4.79 Å². The first-order chi connectivity index (χ1) is 8.06. The van der Waals surface area contributed by atoms with Gasteiger partial charge in [0, 0.05) is 31.6 Å². The molecule has 0 saturated carbocycles. The Labute approximate surface area is 103 Å². The molecular formula is C13H23N3O. The fraction of sp³-hybridized carbons (Fsp3) is 0.769. The molecule has 1 atom stereocenters. The van der Waals surface area contributed by atoms with Crippen LogP contribution in [-0.2, 0) is 4.79 Å². The summed E-state index contributed by atoms with van der Waals surface area (Å²) in [5, 5.41) is 0. The van der Waals surface area contributed by atoms with Gasteiger partial charge in [0.2, 0.25) is 5.91 Å². The van der Waals surface area contributed by atoms with Gasteiger partial charge in [0.05, 0.1) is 6.04 Å². The van der Waals surface area contributed by atoms with E-state index in [4.69, 9.17) is 5.73 Å². The molecule has 17 heavy (non-hydrogen) atoms. The van der Waals surface area contributed by atoms with E-state index in [1.807, 2.05) is 4.90 Å². The van der Waals surface area contributed by atoms with Gasteiger partial charge in [0.1, 0.15) is 0 Å². The van der Waals surface area contributed by atoms with E-state index >= 15 is 0 Å². The van der Waals surface area contributed by atoms with E-state index in [1.54, 1.807) is 6.92 Å². The third-order valence-electron chi connectivity index (χ3n) is 3.96. The lowest BCUT2D eigenvalue weighted by Gasteiger charge is -2.54. The van der Waals surface area contributed by atoms with E-state index < -0.39 is 0 Å². The lowest BCUT2D eigenvalue weighted by Crippen LogP contribution is -2.59. The van der Waals surface area contributed by atoms with Crippen molar-refractivity contribution in [2.45, 2.75) is 32.7 Å². The molecule has 2 rings (SSSR count). The Balaban J connectivity index is 1.82. The average molecular weight is 237 g/mol. The Morgan fingerprint density at radius 2 is 1.94 bits per heavy atom. The van der Waals surface area contributed by atoms with E-state index in [0.29, 0.717) is 5.41 Å². The van der Waals surface area contributed by atoms with Crippen LogP contribution in [0.1, 0.15) is 26.7 Å². The van der Waals surface area contributed by atoms with E-state index in [1.165, 1.54) is 0 Å². The van der Waals surface area contributed by atoms with Gasteiger partial charge in [-0.3, -0.25) is 4.79 Å². The monoisotopic (exact) mass is 237 g/mol. The van der Waals surface area contributed by atoms with Crippen LogP contribution in [0.3, 0.4) is 0 Å². The molecule has 2 aliphatic rings. The molecule has 96 valence electrons. The molecular weight excluding hydrogens is 214 g/mol. The van der Waals surface area contributed by atoms with Crippen LogP contribution in [0.4, 0.5) is 0 Å². The lowest BCUT2D eigenvalue weighted by atomic mass is 9.72. The quantitative estimate of drug-likeness (QED) is 0.772. The largest absolute Gasteiger partial charge is 0.376 e. The minimum Gasteiger partial charge on any atom is -0.376 e. The maximum atomic E-state index is 11.8. The van der Waals surface area contributed by atoms with Gasteiger partial charge in [-0.05, 0) is 32.9 Å². The standard InChI is InChI=1S/C13H23N3O/c1-3-6-15-9-13(10-15)4-7-16(8-5-13)12(17)11(2)14/h3,6,11H,4-5,7-10,14H2,1-2H3/b6-3+. The second-order valence-corrected chi connectivity index (χ2v) is 5.50. The normalized spacial score (nSPS) is 25.1. The highest BCUT2D eigenvalue weighted by Crippen LogP contribution is 2.40. The fourth-order valence-corrected chi connectivity index (χ4v) is 2.94. The van der Waals surface area contributed by atoms with Crippen molar-refractivity contribution in [3.8, 4) is 0 Å². The molecule has 1 spiro atoms. The van der Waals surface area contributed by atoms with Gasteiger partial charge in [-0.1, -0.05) is 6.08 Å². The van der Waals surface area contributed by atoms with Crippen LogP contribution in [0.2, 0.25) is 0 Å². The van der Waals surface area contributed by atoms with Crippen molar-refractivity contribution in [3.05, 3.63) is 12.3 Å². The number of amides is 1. The Bertz CT molecular complexity index is 309. The fourth-order valence-electron chi connectivity index (χ4n) is 2.94. The first kappa shape index (κ1) is 12.4. The van der Waals surface area contributed by atoms with Crippen molar-refractivity contribution >= 4 is 5.91 Å². The maximum absolute atomic E-state index is 11.8. The predicted molar refractivity (Wildman–Crippen MR) is 68.3 cm³/mol. The van der Waals surface area contributed by atoms with Gasteiger partial charge in [-0.2, -0.15) is 0 Å². The van der Waals surface area contributed by atoms with Crippen molar-refractivity contribution in [1.82, 2.24) is 9.80 Å². The molecule has 2 saturated heterocycles. The summed E-state index contributed by atoms with van der Waals surface area (Å²) in [6, 6.07) is -0.357. The lowest BCUT2D eigenvalue weighted by molar-refractivity contribution is -0.136. The number of carbonyl (C=O) groups excluding carboxylic acids is 1. The zero-order valence-electron chi connectivity index (χ0n) is 10.9. The minimum atomic E-state index is -0.357. The molecule has 1 unspecified atom stereocenters. The van der Waals surface area contributed by atoms with Crippen LogP contribution < -0.4 is 5.73 Å². The van der Waals surface area contributed by atoms with Gasteiger partial charge < -0.3 is 15.5 Å². The summed E-state index contributed by atoms with van der Waals surface area (Å²) in [4.78, 5) is 16.0. The highest BCUT2D eigenvalue weighted by Gasteiger charge is 2.44. The van der Waals surface area contributed by atoms with Gasteiger partial charge >= 0.3 is 0 Å². The molecule has 2 heterocycles. The van der Waals surface area contributed by atoms with Crippen molar-refractivity contribution in [3.63, 3.8) is 0 Å². The maximum Gasteiger partial charge on any atom is 0.239 e. The molecule has 4 nitrogen and oxygen atoms in total. The van der Waals surface area contributed by atoms with Gasteiger partial charge in [-0.15, -0.1) is 0 Å². The zero-order chi connectivity index (χ0) is 12.5. The Kier molecular flexibility index (Phi) is 3.43. The Hall–Kier alpha value is -1.03. The molecule has 2 fully saturated rings. The van der Waals surface area contributed by atoms with E-state index in [0.717, 1.165) is 39.0 Å². The molecule has 0 radical (unpaired) electrons. The highest BCUT2D eigenvalue weighted by molar-refractivity contribution is 5.81. The number of carbonyl (C=O) groups is 1. The van der Waals surface area contributed by atoms with Crippen LogP contribution in [-0.4, -0.2) is 47.9 Å². The molecule has 0 bridgehead atoms. The number of hydrogen-bond donors (Lipinski definition) is 1. The Morgan fingerprint density at radius 3 is 2.41 bits per heavy atom. The summed E-state index contributed by atoms with van der Waals surface area (Å²) in [7, 11) is 0. The summed E-state index contributed by atoms with van der Waals surface area (Å²) >= 11 is 0. The summed E-state index contributed by atoms with van der Waals surface area (Å²) in [5.41, 5.74) is 6.10. The summed E-state index contributed by atoms with van der Waals surface area (Å²) in [6.07, 6.45) is 6.49. The van der Waals surface area contributed by atoms with Crippen LogP contribution in [0.5, 0.6) is 0 Å². The number of piperidine rings is 1.